The highest BCUT2D eigenvalue weighted by atomic mass is 19.4. The summed E-state index contributed by atoms with van der Waals surface area (Å²) in [6.45, 7) is 0. The maximum absolute atomic E-state index is 12.6. The number of nitrogens with two attached hydrogens (primary N) is 1. The minimum Gasteiger partial charge on any atom is -0.398 e. The van der Waals surface area contributed by atoms with Crippen LogP contribution in [0, 0.1) is 17.1 Å². The lowest BCUT2D eigenvalue weighted by Crippen LogP contribution is -2.10. The smallest absolute Gasteiger partial charge is 0.398 e. The monoisotopic (exact) mass is 204 g/mol. The van der Waals surface area contributed by atoms with Crippen molar-refractivity contribution in [2.75, 3.05) is 5.73 Å². The van der Waals surface area contributed by atoms with Crippen LogP contribution < -0.4 is 5.73 Å². The average Bonchev–Trinajstić information content (AvgIpc) is 2.01. The molecular weight excluding hydrogens is 200 g/mol. The van der Waals surface area contributed by atoms with Gasteiger partial charge in [-0.25, -0.2) is 4.39 Å². The molecule has 0 fully saturated rings. The summed E-state index contributed by atoms with van der Waals surface area (Å²) in [6, 6.07) is 2.21. The molecule has 0 spiro atoms. The van der Waals surface area contributed by atoms with Crippen LogP contribution >= 0.6 is 0 Å². The van der Waals surface area contributed by atoms with Gasteiger partial charge in [0.05, 0.1) is 16.8 Å². The van der Waals surface area contributed by atoms with Gasteiger partial charge in [0.2, 0.25) is 0 Å². The van der Waals surface area contributed by atoms with Gasteiger partial charge in [-0.15, -0.1) is 0 Å². The van der Waals surface area contributed by atoms with Crippen LogP contribution in [0.4, 0.5) is 23.2 Å². The van der Waals surface area contributed by atoms with Crippen LogP contribution in [-0.4, -0.2) is 0 Å². The summed E-state index contributed by atoms with van der Waals surface area (Å²) in [7, 11) is 0. The molecule has 1 rings (SSSR count). The van der Waals surface area contributed by atoms with Crippen LogP contribution in [0.5, 0.6) is 0 Å². The van der Waals surface area contributed by atoms with Crippen LogP contribution in [0.25, 0.3) is 0 Å². The molecule has 0 aliphatic heterocycles. The summed E-state index contributed by atoms with van der Waals surface area (Å²) < 4.78 is 49.3. The van der Waals surface area contributed by atoms with Crippen LogP contribution in [0.2, 0.25) is 0 Å². The summed E-state index contributed by atoms with van der Waals surface area (Å²) in [5.74, 6) is -1.12. The van der Waals surface area contributed by atoms with Crippen molar-refractivity contribution in [2.24, 2.45) is 0 Å². The fraction of sp³-hybridized carbons (Fsp3) is 0.125. The molecule has 0 atom stereocenters. The van der Waals surface area contributed by atoms with E-state index in [1.54, 1.807) is 0 Å². The SMILES string of the molecule is N#Cc1c(N)cc(F)cc1C(F)(F)F. The molecule has 0 aliphatic rings. The van der Waals surface area contributed by atoms with Crippen LogP contribution in [0.3, 0.4) is 0 Å². The fourth-order valence-electron chi connectivity index (χ4n) is 0.976. The van der Waals surface area contributed by atoms with Crippen molar-refractivity contribution in [3.63, 3.8) is 0 Å². The first-order chi connectivity index (χ1) is 6.36. The molecule has 0 aliphatic carbocycles. The van der Waals surface area contributed by atoms with Crippen molar-refractivity contribution in [2.45, 2.75) is 6.18 Å². The van der Waals surface area contributed by atoms with Crippen LogP contribution in [0.1, 0.15) is 11.1 Å². The van der Waals surface area contributed by atoms with Gasteiger partial charge in [0.15, 0.2) is 0 Å². The first kappa shape index (κ1) is 10.3. The summed E-state index contributed by atoms with van der Waals surface area (Å²) in [6.07, 6.45) is -4.78. The third-order valence-electron chi connectivity index (χ3n) is 1.55. The van der Waals surface area contributed by atoms with Crippen molar-refractivity contribution < 1.29 is 17.6 Å². The standard InChI is InChI=1S/C8H4F4N2/c9-4-1-6(8(10,11)12)5(3-13)7(14)2-4/h1-2H,14H2. The molecule has 2 nitrogen and oxygen atoms in total. The van der Waals surface area contributed by atoms with E-state index in [9.17, 15) is 17.6 Å². The molecule has 0 bridgehead atoms. The number of nitriles is 1. The Kier molecular flexibility index (Phi) is 2.34. The molecule has 1 aromatic rings. The summed E-state index contributed by atoms with van der Waals surface area (Å²) in [4.78, 5) is 0. The Morgan fingerprint density at radius 3 is 2.29 bits per heavy atom. The lowest BCUT2D eigenvalue weighted by atomic mass is 10.1. The normalized spacial score (nSPS) is 11.1. The predicted molar refractivity (Wildman–Crippen MR) is 40.5 cm³/mol. The van der Waals surface area contributed by atoms with Gasteiger partial charge in [0.1, 0.15) is 11.9 Å². The second-order valence-corrected chi connectivity index (χ2v) is 2.53. The van der Waals surface area contributed by atoms with E-state index in [4.69, 9.17) is 11.0 Å². The van der Waals surface area contributed by atoms with E-state index in [0.29, 0.717) is 6.07 Å². The summed E-state index contributed by atoms with van der Waals surface area (Å²) >= 11 is 0. The molecule has 0 heterocycles. The largest absolute Gasteiger partial charge is 0.417 e. The number of rotatable bonds is 0. The second-order valence-electron chi connectivity index (χ2n) is 2.53. The molecule has 0 aromatic heterocycles. The Bertz CT molecular complexity index is 403. The fourth-order valence-corrected chi connectivity index (χ4v) is 0.976. The van der Waals surface area contributed by atoms with E-state index in [1.807, 2.05) is 0 Å². The van der Waals surface area contributed by atoms with E-state index in [-0.39, 0.29) is 6.07 Å². The molecule has 0 saturated heterocycles. The number of hydrogen-bond acceptors (Lipinski definition) is 2. The molecule has 1 aromatic carbocycles. The number of halogens is 4. The molecule has 6 heteroatoms. The van der Waals surface area contributed by atoms with E-state index in [0.717, 1.165) is 0 Å². The van der Waals surface area contributed by atoms with Gasteiger partial charge in [-0.05, 0) is 12.1 Å². The number of benzene rings is 1. The molecule has 0 radical (unpaired) electrons. The van der Waals surface area contributed by atoms with Gasteiger partial charge in [-0.2, -0.15) is 18.4 Å². The molecule has 14 heavy (non-hydrogen) atoms. The minimum atomic E-state index is -4.78. The van der Waals surface area contributed by atoms with Crippen molar-refractivity contribution >= 4 is 5.69 Å². The first-order valence-electron chi connectivity index (χ1n) is 3.42. The van der Waals surface area contributed by atoms with Crippen molar-refractivity contribution in [3.8, 4) is 6.07 Å². The highest BCUT2D eigenvalue weighted by molar-refractivity contribution is 5.58. The Morgan fingerprint density at radius 2 is 1.86 bits per heavy atom. The van der Waals surface area contributed by atoms with Crippen molar-refractivity contribution in [1.82, 2.24) is 0 Å². The maximum atomic E-state index is 12.6. The quantitative estimate of drug-likeness (QED) is 0.520. The topological polar surface area (TPSA) is 49.8 Å². The number of nitrogen functional groups attached to an aromatic ring is 1. The minimum absolute atomic E-state index is 0.245. The Hall–Kier alpha value is -1.77. The Labute approximate surface area is 76.6 Å². The highest BCUT2D eigenvalue weighted by Gasteiger charge is 2.35. The van der Waals surface area contributed by atoms with Gasteiger partial charge in [-0.1, -0.05) is 0 Å². The maximum Gasteiger partial charge on any atom is 0.417 e. The highest BCUT2D eigenvalue weighted by Crippen LogP contribution is 2.34. The summed E-state index contributed by atoms with van der Waals surface area (Å²) in [5, 5.41) is 8.40. The van der Waals surface area contributed by atoms with Crippen LogP contribution in [-0.2, 0) is 6.18 Å². The van der Waals surface area contributed by atoms with Gasteiger partial charge in [0.25, 0.3) is 0 Å². The third kappa shape index (κ3) is 1.76. The van der Waals surface area contributed by atoms with E-state index < -0.39 is 28.8 Å². The second kappa shape index (κ2) is 3.18. The first-order valence-corrected chi connectivity index (χ1v) is 3.42. The molecule has 0 saturated carbocycles. The number of hydrogen-bond donors (Lipinski definition) is 1. The molecule has 2 N–H and O–H groups in total. The Balaban J connectivity index is 3.50. The zero-order valence-corrected chi connectivity index (χ0v) is 6.69. The van der Waals surface area contributed by atoms with E-state index in [2.05, 4.69) is 0 Å². The third-order valence-corrected chi connectivity index (χ3v) is 1.55. The van der Waals surface area contributed by atoms with Crippen LogP contribution in [0.15, 0.2) is 12.1 Å². The molecule has 0 amide bonds. The van der Waals surface area contributed by atoms with Gasteiger partial charge in [0, 0.05) is 0 Å². The lowest BCUT2D eigenvalue weighted by molar-refractivity contribution is -0.137. The number of anilines is 1. The molecule has 74 valence electrons. The Morgan fingerprint density at radius 1 is 1.29 bits per heavy atom. The molecule has 0 unspecified atom stereocenters. The number of nitrogens with zero attached hydrogens (tertiary/aromatic N) is 1. The van der Waals surface area contributed by atoms with Crippen molar-refractivity contribution in [1.29, 1.82) is 5.26 Å². The average molecular weight is 204 g/mol. The zero-order chi connectivity index (χ0) is 10.9. The van der Waals surface area contributed by atoms with E-state index >= 15 is 0 Å². The van der Waals surface area contributed by atoms with E-state index in [1.165, 1.54) is 6.07 Å². The zero-order valence-electron chi connectivity index (χ0n) is 6.69. The van der Waals surface area contributed by atoms with Crippen molar-refractivity contribution in [3.05, 3.63) is 29.1 Å². The lowest BCUT2D eigenvalue weighted by Gasteiger charge is -2.09. The number of alkyl halides is 3. The van der Waals surface area contributed by atoms with Gasteiger partial charge >= 0.3 is 6.18 Å². The molecular formula is C8H4F4N2. The predicted octanol–water partition coefficient (Wildman–Crippen LogP) is 2.30. The van der Waals surface area contributed by atoms with Gasteiger partial charge in [-0.3, -0.25) is 0 Å². The summed E-state index contributed by atoms with van der Waals surface area (Å²) in [5.41, 5.74) is 2.45. The van der Waals surface area contributed by atoms with Gasteiger partial charge < -0.3 is 5.73 Å².